The minimum Gasteiger partial charge on any atom is -0.351 e. The van der Waals surface area contributed by atoms with Crippen LogP contribution in [-0.4, -0.2) is 21.9 Å². The molecule has 1 saturated carbocycles. The molecule has 21 heavy (non-hydrogen) atoms. The summed E-state index contributed by atoms with van der Waals surface area (Å²) in [7, 11) is 0. The average molecular weight is 347 g/mol. The van der Waals surface area contributed by atoms with Gasteiger partial charge < -0.3 is 10.6 Å². The summed E-state index contributed by atoms with van der Waals surface area (Å²) in [4.78, 5) is 20.5. The van der Waals surface area contributed by atoms with Crippen molar-refractivity contribution in [3.8, 4) is 0 Å². The van der Waals surface area contributed by atoms with Gasteiger partial charge >= 0.3 is 0 Å². The van der Waals surface area contributed by atoms with E-state index in [4.69, 9.17) is 0 Å². The maximum atomic E-state index is 12.2. The van der Waals surface area contributed by atoms with Crippen LogP contribution < -0.4 is 10.6 Å². The van der Waals surface area contributed by atoms with E-state index in [0.717, 1.165) is 28.6 Å². The number of aryl methyl sites for hydroxylation is 1. The molecule has 1 amide bonds. The molecule has 2 aromatic rings. The molecule has 2 N–H and O–H groups in total. The van der Waals surface area contributed by atoms with Crippen LogP contribution in [0.3, 0.4) is 0 Å². The van der Waals surface area contributed by atoms with E-state index in [1.807, 2.05) is 25.1 Å². The quantitative estimate of drug-likeness (QED) is 0.890. The second kappa shape index (κ2) is 5.81. The third-order valence-corrected chi connectivity index (χ3v) is 3.75. The van der Waals surface area contributed by atoms with Gasteiger partial charge in [0.1, 0.15) is 0 Å². The molecule has 0 spiro atoms. The monoisotopic (exact) mass is 346 g/mol. The van der Waals surface area contributed by atoms with Gasteiger partial charge in [0.25, 0.3) is 5.91 Å². The number of halogens is 1. The average Bonchev–Trinajstić information content (AvgIpc) is 3.26. The molecule has 0 bridgehead atoms. The third-order valence-electron chi connectivity index (χ3n) is 3.26. The molecule has 0 aliphatic heterocycles. The summed E-state index contributed by atoms with van der Waals surface area (Å²) >= 11 is 3.40. The summed E-state index contributed by atoms with van der Waals surface area (Å²) in [5, 5.41) is 6.05. The molecule has 6 heteroatoms. The third kappa shape index (κ3) is 3.58. The molecule has 5 nitrogen and oxygen atoms in total. The maximum absolute atomic E-state index is 12.2. The highest BCUT2D eigenvalue weighted by atomic mass is 79.9. The lowest BCUT2D eigenvalue weighted by Crippen LogP contribution is -2.14. The molecule has 1 aliphatic rings. The topological polar surface area (TPSA) is 66.9 Å². The lowest BCUT2D eigenvalue weighted by molar-refractivity contribution is 0.102. The number of amides is 1. The number of benzene rings is 1. The van der Waals surface area contributed by atoms with Crippen LogP contribution in [0.5, 0.6) is 0 Å². The maximum Gasteiger partial charge on any atom is 0.258 e. The molecular weight excluding hydrogens is 332 g/mol. The number of aromatic nitrogens is 2. The summed E-state index contributed by atoms with van der Waals surface area (Å²) in [6, 6.07) is 6.20. The van der Waals surface area contributed by atoms with E-state index in [1.54, 1.807) is 12.4 Å². The van der Waals surface area contributed by atoms with Crippen LogP contribution in [0.1, 0.15) is 28.8 Å². The van der Waals surface area contributed by atoms with E-state index in [1.165, 1.54) is 0 Å². The second-order valence-corrected chi connectivity index (χ2v) is 6.04. The van der Waals surface area contributed by atoms with Crippen molar-refractivity contribution in [2.45, 2.75) is 25.8 Å². The van der Waals surface area contributed by atoms with Crippen LogP contribution in [0, 0.1) is 6.92 Å². The number of nitrogens with zero attached hydrogens (tertiary/aromatic N) is 2. The van der Waals surface area contributed by atoms with Crippen molar-refractivity contribution in [3.63, 3.8) is 0 Å². The van der Waals surface area contributed by atoms with Crippen LogP contribution >= 0.6 is 15.9 Å². The number of carbonyl (C=O) groups excluding carboxylic acids is 1. The van der Waals surface area contributed by atoms with Crippen molar-refractivity contribution < 1.29 is 4.79 Å². The van der Waals surface area contributed by atoms with Gasteiger partial charge in [-0.2, -0.15) is 0 Å². The number of hydrogen-bond donors (Lipinski definition) is 2. The number of nitrogens with one attached hydrogen (secondary N) is 2. The molecule has 1 aromatic carbocycles. The van der Waals surface area contributed by atoms with Crippen molar-refractivity contribution in [1.82, 2.24) is 9.97 Å². The Bertz CT molecular complexity index is 668. The van der Waals surface area contributed by atoms with Gasteiger partial charge in [-0.3, -0.25) is 4.79 Å². The van der Waals surface area contributed by atoms with Crippen LogP contribution in [0.2, 0.25) is 0 Å². The SMILES string of the molecule is Cc1cc(Br)ccc1NC(=O)c1cnc(NC2CC2)nc1. The van der Waals surface area contributed by atoms with E-state index in [0.29, 0.717) is 17.6 Å². The Morgan fingerprint density at radius 1 is 1.29 bits per heavy atom. The van der Waals surface area contributed by atoms with Crippen LogP contribution in [-0.2, 0) is 0 Å². The van der Waals surface area contributed by atoms with Crippen molar-refractivity contribution in [3.05, 3.63) is 46.2 Å². The fourth-order valence-corrected chi connectivity index (χ4v) is 2.37. The van der Waals surface area contributed by atoms with Gasteiger partial charge in [0.15, 0.2) is 0 Å². The lowest BCUT2D eigenvalue weighted by Gasteiger charge is -2.09. The van der Waals surface area contributed by atoms with Crippen LogP contribution in [0.25, 0.3) is 0 Å². The van der Waals surface area contributed by atoms with Gasteiger partial charge in [0.05, 0.1) is 5.56 Å². The fraction of sp³-hybridized carbons (Fsp3) is 0.267. The zero-order chi connectivity index (χ0) is 14.8. The Kier molecular flexibility index (Phi) is 3.88. The number of rotatable bonds is 4. The first-order valence-corrected chi connectivity index (χ1v) is 7.57. The number of anilines is 2. The van der Waals surface area contributed by atoms with E-state index in [2.05, 4.69) is 36.5 Å². The molecule has 3 rings (SSSR count). The van der Waals surface area contributed by atoms with E-state index >= 15 is 0 Å². The largest absolute Gasteiger partial charge is 0.351 e. The fourth-order valence-electron chi connectivity index (χ4n) is 1.89. The molecule has 1 aliphatic carbocycles. The van der Waals surface area contributed by atoms with Crippen molar-refractivity contribution in [2.24, 2.45) is 0 Å². The normalized spacial score (nSPS) is 13.8. The number of carbonyl (C=O) groups is 1. The van der Waals surface area contributed by atoms with Gasteiger partial charge in [0.2, 0.25) is 5.95 Å². The van der Waals surface area contributed by atoms with E-state index in [9.17, 15) is 4.79 Å². The Morgan fingerprint density at radius 3 is 2.62 bits per heavy atom. The summed E-state index contributed by atoms with van der Waals surface area (Å²) < 4.78 is 0.983. The highest BCUT2D eigenvalue weighted by molar-refractivity contribution is 9.10. The zero-order valence-corrected chi connectivity index (χ0v) is 13.1. The van der Waals surface area contributed by atoms with Crippen molar-refractivity contribution >= 4 is 33.5 Å². The highest BCUT2D eigenvalue weighted by Crippen LogP contribution is 2.23. The zero-order valence-electron chi connectivity index (χ0n) is 11.6. The van der Waals surface area contributed by atoms with Gasteiger partial charge in [-0.25, -0.2) is 9.97 Å². The molecule has 1 heterocycles. The molecule has 1 aromatic heterocycles. The van der Waals surface area contributed by atoms with Gasteiger partial charge in [-0.1, -0.05) is 15.9 Å². The first-order chi connectivity index (χ1) is 10.1. The molecule has 0 radical (unpaired) electrons. The molecule has 0 unspecified atom stereocenters. The van der Waals surface area contributed by atoms with Crippen LogP contribution in [0.4, 0.5) is 11.6 Å². The Morgan fingerprint density at radius 2 is 2.00 bits per heavy atom. The Hall–Kier alpha value is -1.95. The summed E-state index contributed by atoms with van der Waals surface area (Å²) in [6.07, 6.45) is 5.41. The van der Waals surface area contributed by atoms with Crippen molar-refractivity contribution in [2.75, 3.05) is 10.6 Å². The van der Waals surface area contributed by atoms with E-state index in [-0.39, 0.29) is 5.91 Å². The minimum atomic E-state index is -0.210. The standard InChI is InChI=1S/C15H15BrN4O/c1-9-6-11(16)2-5-13(9)20-14(21)10-7-17-15(18-8-10)19-12-3-4-12/h2,5-8,12H,3-4H2,1H3,(H,20,21)(H,17,18,19). The van der Waals surface area contributed by atoms with Crippen LogP contribution in [0.15, 0.2) is 35.1 Å². The second-order valence-electron chi connectivity index (χ2n) is 5.13. The highest BCUT2D eigenvalue weighted by Gasteiger charge is 2.21. The minimum absolute atomic E-state index is 0.210. The Balaban J connectivity index is 1.69. The van der Waals surface area contributed by atoms with Gasteiger partial charge in [-0.05, 0) is 43.5 Å². The number of hydrogen-bond acceptors (Lipinski definition) is 4. The molecule has 0 saturated heterocycles. The lowest BCUT2D eigenvalue weighted by atomic mass is 10.2. The molecule has 0 atom stereocenters. The van der Waals surface area contributed by atoms with E-state index < -0.39 is 0 Å². The molecular formula is C15H15BrN4O. The first-order valence-electron chi connectivity index (χ1n) is 6.78. The molecule has 1 fully saturated rings. The summed E-state index contributed by atoms with van der Waals surface area (Å²) in [5.74, 6) is 0.368. The van der Waals surface area contributed by atoms with Gasteiger partial charge in [-0.15, -0.1) is 0 Å². The Labute approximate surface area is 131 Å². The molecule has 108 valence electrons. The summed E-state index contributed by atoms with van der Waals surface area (Å²) in [5.41, 5.74) is 2.22. The predicted molar refractivity (Wildman–Crippen MR) is 85.5 cm³/mol. The van der Waals surface area contributed by atoms with Crippen molar-refractivity contribution in [1.29, 1.82) is 0 Å². The first kappa shape index (κ1) is 14.0. The predicted octanol–water partition coefficient (Wildman–Crippen LogP) is 3.37. The summed E-state index contributed by atoms with van der Waals surface area (Å²) in [6.45, 7) is 1.94. The van der Waals surface area contributed by atoms with Gasteiger partial charge in [0, 0.05) is 28.6 Å². The smallest absolute Gasteiger partial charge is 0.258 e.